The van der Waals surface area contributed by atoms with Gasteiger partial charge in [0.05, 0.1) is 6.39 Å². The van der Waals surface area contributed by atoms with Crippen LogP contribution in [-0.4, -0.2) is 14.2 Å². The van der Waals surface area contributed by atoms with Gasteiger partial charge < -0.3 is 14.7 Å². The van der Waals surface area contributed by atoms with E-state index in [4.69, 9.17) is 27.6 Å². The van der Waals surface area contributed by atoms with Crippen molar-refractivity contribution in [2.45, 2.75) is 11.8 Å². The van der Waals surface area contributed by atoms with Gasteiger partial charge in [-0.05, 0) is 17.7 Å². The number of hydrogen-bond acceptors (Lipinski definition) is 6. The summed E-state index contributed by atoms with van der Waals surface area (Å²) in [4.78, 5) is 12.6. The van der Waals surface area contributed by atoms with E-state index in [0.29, 0.717) is 5.56 Å². The number of carbonyl (C=O) groups is 1. The van der Waals surface area contributed by atoms with Crippen molar-refractivity contribution < 1.29 is 27.9 Å². The van der Waals surface area contributed by atoms with Crippen LogP contribution in [0.15, 0.2) is 60.2 Å². The van der Waals surface area contributed by atoms with Crippen molar-refractivity contribution in [1.82, 2.24) is 0 Å². The van der Waals surface area contributed by atoms with Crippen LogP contribution < -0.4 is 5.73 Å². The largest absolute Gasteiger partial charge is 0.460 e. The molecule has 3 rings (SSSR count). The summed E-state index contributed by atoms with van der Waals surface area (Å²) < 4.78 is 55.9. The fraction of sp³-hybridized carbons (Fsp3) is 0.118. The molecule has 1 aliphatic rings. The molecule has 1 aliphatic heterocycles. The minimum absolute atomic E-state index is 0.124. The number of ether oxygens (including phenoxy) is 1. The Morgan fingerprint density at radius 3 is 2.62 bits per heavy atom. The van der Waals surface area contributed by atoms with Crippen LogP contribution in [-0.2, 0) is 29.6 Å². The molecule has 2 N–H and O–H groups in total. The lowest BCUT2D eigenvalue weighted by atomic mass is 10.1. The summed E-state index contributed by atoms with van der Waals surface area (Å²) in [7, 11) is -4.24. The number of halogens is 2. The third kappa shape index (κ3) is 3.81. The molecule has 0 bridgehead atoms. The molecule has 0 fully saturated rings. The van der Waals surface area contributed by atoms with Crippen LogP contribution in [0.1, 0.15) is 18.6 Å². The minimum atomic E-state index is -4.24. The standard InChI is InChI=1S/C17H13ClFNO5S/c18-12-8-11(6-7-13(12)19)15-14(21)16(17(20)24-15)25-26(22,23)9-10-4-2-1-3-5-10/h1-8,15H,9,20H2/t15-/m1/s1/i15D. The van der Waals surface area contributed by atoms with Gasteiger partial charge in [-0.2, -0.15) is 8.42 Å². The summed E-state index contributed by atoms with van der Waals surface area (Å²) in [5, 5.41) is -0.333. The maximum atomic E-state index is 13.3. The Hall–Kier alpha value is -2.58. The Labute approximate surface area is 155 Å². The van der Waals surface area contributed by atoms with Crippen molar-refractivity contribution in [2.75, 3.05) is 0 Å². The summed E-state index contributed by atoms with van der Waals surface area (Å²) in [5.41, 5.74) is 5.88. The molecule has 6 nitrogen and oxygen atoms in total. The first-order valence-electron chi connectivity index (χ1n) is 7.77. The predicted octanol–water partition coefficient (Wildman–Crippen LogP) is 2.79. The smallest absolute Gasteiger partial charge is 0.313 e. The van der Waals surface area contributed by atoms with E-state index in [1.54, 1.807) is 30.3 Å². The van der Waals surface area contributed by atoms with E-state index in [-0.39, 0.29) is 10.6 Å². The Balaban J connectivity index is 1.86. The van der Waals surface area contributed by atoms with Crippen molar-refractivity contribution >= 4 is 27.5 Å². The number of benzene rings is 2. The molecule has 2 aromatic rings. The average Bonchev–Trinajstić information content (AvgIpc) is 2.81. The van der Waals surface area contributed by atoms with Crippen molar-refractivity contribution in [3.8, 4) is 0 Å². The van der Waals surface area contributed by atoms with Crippen LogP contribution in [0.5, 0.6) is 0 Å². The number of Topliss-reactive ketones (excluding diaryl/α,β-unsaturated/α-hetero) is 1. The molecule has 1 heterocycles. The SMILES string of the molecule is [2H][C@]1(c2ccc(F)c(Cl)c2)OC(N)=C(OS(=O)(=O)Cc2ccccc2)C1=O. The van der Waals surface area contributed by atoms with Gasteiger partial charge >= 0.3 is 10.1 Å². The third-order valence-corrected chi connectivity index (χ3v) is 4.82. The highest BCUT2D eigenvalue weighted by Crippen LogP contribution is 2.34. The van der Waals surface area contributed by atoms with Gasteiger partial charge in [-0.1, -0.05) is 48.0 Å². The quantitative estimate of drug-likeness (QED) is 0.778. The van der Waals surface area contributed by atoms with Gasteiger partial charge in [0.2, 0.25) is 17.4 Å². The number of hydrogen-bond donors (Lipinski definition) is 1. The van der Waals surface area contributed by atoms with E-state index in [2.05, 4.69) is 0 Å². The molecule has 0 amide bonds. The second-order valence-electron chi connectivity index (χ2n) is 5.35. The highest BCUT2D eigenvalue weighted by Gasteiger charge is 2.39. The molecular weight excluding hydrogens is 385 g/mol. The summed E-state index contributed by atoms with van der Waals surface area (Å²) in [6, 6.07) is 11.2. The lowest BCUT2D eigenvalue weighted by molar-refractivity contribution is -0.123. The molecule has 0 aliphatic carbocycles. The Morgan fingerprint density at radius 2 is 1.96 bits per heavy atom. The fourth-order valence-corrected chi connectivity index (χ4v) is 3.51. The molecule has 0 saturated carbocycles. The van der Waals surface area contributed by atoms with Gasteiger partial charge in [-0.3, -0.25) is 4.79 Å². The van der Waals surface area contributed by atoms with Gasteiger partial charge in [0.1, 0.15) is 11.6 Å². The summed E-state index contributed by atoms with van der Waals surface area (Å²) in [5.74, 6) is -3.87. The summed E-state index contributed by atoms with van der Waals surface area (Å²) in [6.45, 7) is 0. The lowest BCUT2D eigenvalue weighted by Crippen LogP contribution is -2.16. The number of nitrogens with two attached hydrogens (primary N) is 1. The second kappa shape index (κ2) is 6.97. The molecule has 0 aromatic heterocycles. The van der Waals surface area contributed by atoms with E-state index < -0.39 is 45.2 Å². The van der Waals surface area contributed by atoms with E-state index >= 15 is 0 Å². The summed E-state index contributed by atoms with van der Waals surface area (Å²) >= 11 is 5.67. The zero-order valence-corrected chi connectivity index (χ0v) is 14.7. The lowest BCUT2D eigenvalue weighted by Gasteiger charge is -2.10. The Morgan fingerprint density at radius 1 is 1.27 bits per heavy atom. The maximum absolute atomic E-state index is 13.3. The minimum Gasteiger partial charge on any atom is -0.460 e. The first-order chi connectivity index (χ1) is 12.6. The molecular formula is C17H13ClFNO5S. The number of carbonyl (C=O) groups excluding carboxylic acids is 1. The summed E-state index contributed by atoms with van der Waals surface area (Å²) in [6.07, 6.45) is -2.43. The van der Waals surface area contributed by atoms with Gasteiger partial charge in [-0.25, -0.2) is 4.39 Å². The van der Waals surface area contributed by atoms with E-state index in [0.717, 1.165) is 18.2 Å². The van der Waals surface area contributed by atoms with Crippen LogP contribution in [0, 0.1) is 5.82 Å². The molecule has 0 saturated heterocycles. The fourth-order valence-electron chi connectivity index (χ4n) is 2.26. The van der Waals surface area contributed by atoms with Gasteiger partial charge in [0.15, 0.2) is 6.08 Å². The normalized spacial score (nSPS) is 20.7. The number of rotatable bonds is 5. The highest BCUT2D eigenvalue weighted by atomic mass is 35.5. The van der Waals surface area contributed by atoms with E-state index in [1.807, 2.05) is 0 Å². The molecule has 26 heavy (non-hydrogen) atoms. The molecule has 0 spiro atoms. The third-order valence-electron chi connectivity index (χ3n) is 3.43. The molecule has 2 aromatic carbocycles. The Bertz CT molecular complexity index is 1040. The molecule has 1 atom stereocenters. The molecule has 9 heteroatoms. The van der Waals surface area contributed by atoms with Crippen molar-refractivity contribution in [3.05, 3.63) is 82.1 Å². The molecule has 136 valence electrons. The van der Waals surface area contributed by atoms with Crippen LogP contribution in [0.3, 0.4) is 0 Å². The second-order valence-corrected chi connectivity index (χ2v) is 7.33. The van der Waals surface area contributed by atoms with Crippen LogP contribution >= 0.6 is 11.6 Å². The Kier molecular flexibility index (Phi) is 4.52. The zero-order valence-electron chi connectivity index (χ0n) is 14.1. The van der Waals surface area contributed by atoms with E-state index in [1.165, 1.54) is 0 Å². The van der Waals surface area contributed by atoms with Crippen molar-refractivity contribution in [1.29, 1.82) is 0 Å². The van der Waals surface area contributed by atoms with Crippen LogP contribution in [0.25, 0.3) is 0 Å². The zero-order chi connectivity index (χ0) is 19.8. The first-order valence-corrected chi connectivity index (χ1v) is 9.23. The van der Waals surface area contributed by atoms with Crippen LogP contribution in [0.2, 0.25) is 5.02 Å². The topological polar surface area (TPSA) is 95.7 Å². The maximum Gasteiger partial charge on any atom is 0.313 e. The van der Waals surface area contributed by atoms with Gasteiger partial charge in [0, 0.05) is 5.56 Å². The number of ketones is 1. The van der Waals surface area contributed by atoms with Gasteiger partial charge in [0.25, 0.3) is 0 Å². The average molecular weight is 399 g/mol. The highest BCUT2D eigenvalue weighted by molar-refractivity contribution is 7.86. The van der Waals surface area contributed by atoms with Crippen LogP contribution in [0.4, 0.5) is 4.39 Å². The monoisotopic (exact) mass is 398 g/mol. The van der Waals surface area contributed by atoms with Gasteiger partial charge in [-0.15, -0.1) is 0 Å². The van der Waals surface area contributed by atoms with Crippen molar-refractivity contribution in [2.24, 2.45) is 5.73 Å². The molecule has 0 radical (unpaired) electrons. The van der Waals surface area contributed by atoms with Crippen molar-refractivity contribution in [3.63, 3.8) is 0 Å². The van der Waals surface area contributed by atoms with E-state index in [9.17, 15) is 17.6 Å². The first kappa shape index (κ1) is 16.9. The predicted molar refractivity (Wildman–Crippen MR) is 91.6 cm³/mol. The molecule has 0 unspecified atom stereocenters.